The Morgan fingerprint density at radius 2 is 1.92 bits per heavy atom. The third-order valence-electron chi connectivity index (χ3n) is 7.19. The van der Waals surface area contributed by atoms with Crippen LogP contribution in [0.1, 0.15) is 53.2 Å². The summed E-state index contributed by atoms with van der Waals surface area (Å²) in [5.41, 5.74) is 13.3. The van der Waals surface area contributed by atoms with Crippen molar-refractivity contribution in [2.24, 2.45) is 11.0 Å². The van der Waals surface area contributed by atoms with Crippen LogP contribution in [0.25, 0.3) is 16.8 Å². The summed E-state index contributed by atoms with van der Waals surface area (Å²) in [6, 6.07) is 16.8. The van der Waals surface area contributed by atoms with Crippen LogP contribution in [0.3, 0.4) is 0 Å². The summed E-state index contributed by atoms with van der Waals surface area (Å²) in [6.45, 7) is 3.29. The fraction of sp³-hybridized carbons (Fsp3) is 0.357. The molecule has 1 saturated carbocycles. The molecule has 8 nitrogen and oxygen atoms in total. The van der Waals surface area contributed by atoms with Gasteiger partial charge in [0.1, 0.15) is 5.56 Å². The molecule has 0 amide bonds. The molecule has 1 aliphatic carbocycles. The van der Waals surface area contributed by atoms with E-state index in [-0.39, 0.29) is 17.4 Å². The van der Waals surface area contributed by atoms with E-state index in [4.69, 9.17) is 5.53 Å². The van der Waals surface area contributed by atoms with E-state index in [1.54, 1.807) is 17.9 Å². The number of aromatic carboxylic acids is 1. The van der Waals surface area contributed by atoms with Gasteiger partial charge in [-0.3, -0.25) is 4.90 Å². The number of nitrogens with zero attached hydrogens (tertiary/aromatic N) is 4. The predicted molar refractivity (Wildman–Crippen MR) is 138 cm³/mol. The molecule has 0 unspecified atom stereocenters. The van der Waals surface area contributed by atoms with Gasteiger partial charge in [0.25, 0.3) is 0 Å². The Morgan fingerprint density at radius 3 is 2.64 bits per heavy atom. The van der Waals surface area contributed by atoms with E-state index in [1.165, 1.54) is 31.0 Å². The van der Waals surface area contributed by atoms with E-state index in [2.05, 4.69) is 56.8 Å². The van der Waals surface area contributed by atoms with Crippen molar-refractivity contribution < 1.29 is 9.90 Å². The zero-order valence-corrected chi connectivity index (χ0v) is 20.5. The average molecular weight is 485 g/mol. The van der Waals surface area contributed by atoms with Gasteiger partial charge in [-0.2, -0.15) is 10.2 Å². The highest BCUT2D eigenvalue weighted by molar-refractivity contribution is 5.89. The molecule has 5 rings (SSSR count). The molecule has 3 N–H and O–H groups in total. The second-order valence-electron chi connectivity index (χ2n) is 9.67. The van der Waals surface area contributed by atoms with Gasteiger partial charge >= 0.3 is 5.97 Å². The molecule has 2 aromatic carbocycles. The number of nitrogens with one attached hydrogen (secondary N) is 2. The molecule has 2 fully saturated rings. The van der Waals surface area contributed by atoms with Gasteiger partial charge in [-0.15, -0.1) is 0 Å². The number of carbonyl (C=O) groups is 1. The van der Waals surface area contributed by atoms with Crippen LogP contribution >= 0.6 is 0 Å². The number of hydrogen-bond acceptors (Lipinski definition) is 6. The molecule has 2 heterocycles. The number of hydrogen-bond donors (Lipinski definition) is 3. The molecule has 0 spiro atoms. The van der Waals surface area contributed by atoms with Crippen molar-refractivity contribution in [2.45, 2.75) is 38.1 Å². The van der Waals surface area contributed by atoms with Crippen LogP contribution in [0.2, 0.25) is 0 Å². The first-order chi connectivity index (χ1) is 17.6. The van der Waals surface area contributed by atoms with E-state index in [1.807, 2.05) is 12.1 Å². The molecule has 1 aliphatic heterocycles. The molecule has 36 heavy (non-hydrogen) atoms. The van der Waals surface area contributed by atoms with Gasteiger partial charge in [0.15, 0.2) is 0 Å². The SMILES string of the molecule is CN/C=C(\N=N)[C@@H]1C[C@H]1c1c(C(=O)O)cnn1-c1cccc(-c2cccc(CN3CCCCC3)c2)c1. The van der Waals surface area contributed by atoms with Crippen molar-refractivity contribution in [1.82, 2.24) is 20.0 Å². The van der Waals surface area contributed by atoms with E-state index >= 15 is 0 Å². The van der Waals surface area contributed by atoms with Crippen molar-refractivity contribution >= 4 is 5.97 Å². The summed E-state index contributed by atoms with van der Waals surface area (Å²) in [7, 11) is 1.77. The van der Waals surface area contributed by atoms with Crippen molar-refractivity contribution in [1.29, 1.82) is 5.53 Å². The number of likely N-dealkylation sites (tertiary alicyclic amines) is 1. The zero-order chi connectivity index (χ0) is 25.1. The minimum atomic E-state index is -0.995. The Bertz CT molecular complexity index is 1290. The predicted octanol–water partition coefficient (Wildman–Crippen LogP) is 5.42. The largest absolute Gasteiger partial charge is 0.478 e. The maximum Gasteiger partial charge on any atom is 0.339 e. The molecular weight excluding hydrogens is 452 g/mol. The smallest absolute Gasteiger partial charge is 0.339 e. The summed E-state index contributed by atoms with van der Waals surface area (Å²) in [4.78, 5) is 14.5. The Hall–Kier alpha value is -3.78. The molecule has 8 heteroatoms. The lowest BCUT2D eigenvalue weighted by molar-refractivity contribution is 0.0695. The highest BCUT2D eigenvalue weighted by atomic mass is 16.4. The van der Waals surface area contributed by atoms with Crippen molar-refractivity contribution in [3.05, 3.63) is 83.4 Å². The van der Waals surface area contributed by atoms with E-state index in [9.17, 15) is 9.90 Å². The fourth-order valence-electron chi connectivity index (χ4n) is 5.32. The van der Waals surface area contributed by atoms with Crippen LogP contribution in [0.5, 0.6) is 0 Å². The number of rotatable bonds is 9. The first-order valence-electron chi connectivity index (χ1n) is 12.6. The van der Waals surface area contributed by atoms with Crippen LogP contribution < -0.4 is 5.32 Å². The summed E-state index contributed by atoms with van der Waals surface area (Å²) < 4.78 is 1.75. The number of carboxylic acid groups (broad SMARTS) is 1. The Balaban J connectivity index is 1.45. The highest BCUT2D eigenvalue weighted by Crippen LogP contribution is 2.53. The Kier molecular flexibility index (Phi) is 6.95. The molecule has 186 valence electrons. The molecule has 1 aromatic heterocycles. The van der Waals surface area contributed by atoms with E-state index in [0.29, 0.717) is 11.4 Å². The minimum Gasteiger partial charge on any atom is -0.478 e. The Labute approximate surface area is 211 Å². The van der Waals surface area contributed by atoms with Gasteiger partial charge in [-0.05, 0) is 67.2 Å². The van der Waals surface area contributed by atoms with E-state index in [0.717, 1.165) is 42.9 Å². The molecule has 2 atom stereocenters. The number of carboxylic acids is 1. The van der Waals surface area contributed by atoms with E-state index < -0.39 is 5.97 Å². The van der Waals surface area contributed by atoms with Gasteiger partial charge < -0.3 is 10.4 Å². The monoisotopic (exact) mass is 484 g/mol. The zero-order valence-electron chi connectivity index (χ0n) is 20.5. The molecule has 0 bridgehead atoms. The molecule has 2 aliphatic rings. The number of aromatic nitrogens is 2. The number of allylic oxidation sites excluding steroid dienone is 1. The van der Waals surface area contributed by atoms with Gasteiger partial charge in [-0.25, -0.2) is 15.0 Å². The topological polar surface area (TPSA) is 107 Å². The van der Waals surface area contributed by atoms with Crippen LogP contribution in [-0.4, -0.2) is 45.9 Å². The quantitative estimate of drug-likeness (QED) is 0.352. The van der Waals surface area contributed by atoms with Crippen LogP contribution in [0.15, 0.2) is 71.7 Å². The van der Waals surface area contributed by atoms with Crippen molar-refractivity contribution in [3.63, 3.8) is 0 Å². The van der Waals surface area contributed by atoms with Gasteiger partial charge in [0.2, 0.25) is 0 Å². The van der Waals surface area contributed by atoms with Crippen LogP contribution in [0, 0.1) is 11.4 Å². The van der Waals surface area contributed by atoms with Crippen molar-refractivity contribution in [3.8, 4) is 16.8 Å². The third kappa shape index (κ3) is 4.95. The summed E-state index contributed by atoms with van der Waals surface area (Å²) in [6.07, 6.45) is 7.75. The van der Waals surface area contributed by atoms with Crippen molar-refractivity contribution in [2.75, 3.05) is 20.1 Å². The highest BCUT2D eigenvalue weighted by Gasteiger charge is 2.46. The van der Waals surface area contributed by atoms with Gasteiger partial charge in [0.05, 0.1) is 23.3 Å². The van der Waals surface area contributed by atoms with Crippen LogP contribution in [-0.2, 0) is 6.54 Å². The maximum atomic E-state index is 12.0. The molecule has 0 radical (unpaired) electrons. The average Bonchev–Trinajstić information content (AvgIpc) is 3.56. The summed E-state index contributed by atoms with van der Waals surface area (Å²) >= 11 is 0. The lowest BCUT2D eigenvalue weighted by atomic mass is 10.0. The molecular formula is C28H32N6O2. The minimum absolute atomic E-state index is 0.00171. The first kappa shape index (κ1) is 23.9. The summed E-state index contributed by atoms with van der Waals surface area (Å²) in [5.74, 6) is -1.05. The maximum absolute atomic E-state index is 12.0. The lowest BCUT2D eigenvalue weighted by Gasteiger charge is -2.26. The summed E-state index contributed by atoms with van der Waals surface area (Å²) in [5, 5.41) is 20.9. The second kappa shape index (κ2) is 10.5. The van der Waals surface area contributed by atoms with Gasteiger partial charge in [-0.1, -0.05) is 36.8 Å². The molecule has 1 saturated heterocycles. The van der Waals surface area contributed by atoms with Crippen LogP contribution in [0.4, 0.5) is 0 Å². The third-order valence-corrected chi connectivity index (χ3v) is 7.19. The van der Waals surface area contributed by atoms with Gasteiger partial charge in [0, 0.05) is 31.6 Å². The molecule has 3 aromatic rings. The first-order valence-corrected chi connectivity index (χ1v) is 12.6. The normalized spacial score (nSPS) is 20.2. The lowest BCUT2D eigenvalue weighted by Crippen LogP contribution is -2.29. The number of piperidine rings is 1. The standard InChI is InChI=1S/C28H32N6O2/c1-30-17-26(32-29)23-15-24(23)27-25(28(35)36)16-31-34(27)22-10-6-9-21(14-22)20-8-5-7-19(13-20)18-33-11-3-2-4-12-33/h5-10,13-14,16-17,23-24,29-30H,2-4,11-12,15,18H2,1H3,(H,35,36)/b26-17-,32-29?/t23-,24-/m1/s1. The second-order valence-corrected chi connectivity index (χ2v) is 9.67. The number of benzene rings is 2. The fourth-order valence-corrected chi connectivity index (χ4v) is 5.32. The Morgan fingerprint density at radius 1 is 1.17 bits per heavy atom.